The highest BCUT2D eigenvalue weighted by Crippen LogP contribution is 2.41. The summed E-state index contributed by atoms with van der Waals surface area (Å²) in [6, 6.07) is 0. The van der Waals surface area contributed by atoms with E-state index in [9.17, 15) is 8.42 Å². The van der Waals surface area contributed by atoms with Crippen LogP contribution in [-0.4, -0.2) is 72.8 Å². The quantitative estimate of drug-likeness (QED) is 0.778. The van der Waals surface area contributed by atoms with E-state index in [2.05, 4.69) is 17.0 Å². The van der Waals surface area contributed by atoms with Gasteiger partial charge in [-0.15, -0.1) is 0 Å². The number of likely N-dealkylation sites (tertiary alicyclic amines) is 1. The summed E-state index contributed by atoms with van der Waals surface area (Å²) in [4.78, 5) is 2.71. The molecule has 3 heterocycles. The average Bonchev–Trinajstić information content (AvgIpc) is 2.77. The molecule has 25 heavy (non-hydrogen) atoms. The first-order valence-electron chi connectivity index (χ1n) is 9.00. The first kappa shape index (κ1) is 18.8. The van der Waals surface area contributed by atoms with Gasteiger partial charge in [0, 0.05) is 38.9 Å². The Morgan fingerprint density at radius 1 is 1.28 bits per heavy atom. The molecule has 0 amide bonds. The van der Waals surface area contributed by atoms with Crippen molar-refractivity contribution in [2.24, 2.45) is 13.0 Å². The van der Waals surface area contributed by atoms with Crippen molar-refractivity contribution in [2.75, 3.05) is 39.9 Å². The SMILES string of the molecule is CCOC[C@@H]1CCN(C)C2(C1)CN(S(=O)(=O)c1c(C)nn(C)c1C)C2. The normalized spacial score (nSPS) is 24.6. The third kappa shape index (κ3) is 3.13. The van der Waals surface area contributed by atoms with Gasteiger partial charge in [0.25, 0.3) is 0 Å². The zero-order valence-electron chi connectivity index (χ0n) is 15.9. The van der Waals surface area contributed by atoms with Crippen molar-refractivity contribution in [1.82, 2.24) is 19.0 Å². The standard InChI is InChI=1S/C17H30N4O3S/c1-6-24-10-15-7-8-19(4)17(9-15)11-21(12-17)25(22,23)16-13(2)18-20(5)14(16)3/h15H,6-12H2,1-5H3/t15-/m1/s1. The van der Waals surface area contributed by atoms with E-state index < -0.39 is 10.0 Å². The molecule has 1 aromatic heterocycles. The predicted molar refractivity (Wildman–Crippen MR) is 96.0 cm³/mol. The lowest BCUT2D eigenvalue weighted by atomic mass is 9.77. The summed E-state index contributed by atoms with van der Waals surface area (Å²) in [7, 11) is 0.413. The molecule has 0 radical (unpaired) electrons. The van der Waals surface area contributed by atoms with Crippen LogP contribution in [0.2, 0.25) is 0 Å². The third-order valence-electron chi connectivity index (χ3n) is 5.89. The molecule has 2 aliphatic heterocycles. The summed E-state index contributed by atoms with van der Waals surface area (Å²) in [5, 5.41) is 4.27. The number of ether oxygens (including phenoxy) is 1. The van der Waals surface area contributed by atoms with E-state index in [1.165, 1.54) is 0 Å². The van der Waals surface area contributed by atoms with Crippen LogP contribution in [0.25, 0.3) is 0 Å². The molecule has 0 unspecified atom stereocenters. The monoisotopic (exact) mass is 370 g/mol. The van der Waals surface area contributed by atoms with Crippen LogP contribution < -0.4 is 0 Å². The fourth-order valence-corrected chi connectivity index (χ4v) is 6.24. The summed E-state index contributed by atoms with van der Waals surface area (Å²) in [6.45, 7) is 9.22. The Hall–Kier alpha value is -0.960. The van der Waals surface area contributed by atoms with Crippen LogP contribution in [-0.2, 0) is 21.8 Å². The van der Waals surface area contributed by atoms with Gasteiger partial charge in [-0.2, -0.15) is 9.40 Å². The molecule has 1 spiro atoms. The number of sulfonamides is 1. The number of hydrogen-bond donors (Lipinski definition) is 0. The van der Waals surface area contributed by atoms with E-state index >= 15 is 0 Å². The number of hydrogen-bond acceptors (Lipinski definition) is 5. The lowest BCUT2D eigenvalue weighted by molar-refractivity contribution is -0.0577. The van der Waals surface area contributed by atoms with E-state index in [0.717, 1.165) is 32.6 Å². The van der Waals surface area contributed by atoms with Gasteiger partial charge in [-0.05, 0) is 53.1 Å². The van der Waals surface area contributed by atoms with E-state index in [1.807, 2.05) is 13.8 Å². The van der Waals surface area contributed by atoms with E-state index in [0.29, 0.717) is 35.3 Å². The van der Waals surface area contributed by atoms with Gasteiger partial charge in [0.15, 0.2) is 0 Å². The minimum absolute atomic E-state index is 0.0445. The van der Waals surface area contributed by atoms with Crippen LogP contribution in [0.4, 0.5) is 0 Å². The number of piperidine rings is 1. The summed E-state index contributed by atoms with van der Waals surface area (Å²) in [6.07, 6.45) is 2.12. The van der Waals surface area contributed by atoms with Crippen LogP contribution in [0.5, 0.6) is 0 Å². The molecule has 2 aliphatic rings. The predicted octanol–water partition coefficient (Wildman–Crippen LogP) is 1.16. The topological polar surface area (TPSA) is 67.7 Å². The lowest BCUT2D eigenvalue weighted by Crippen LogP contribution is -2.72. The maximum absolute atomic E-state index is 13.1. The van der Waals surface area contributed by atoms with Gasteiger partial charge in [0.1, 0.15) is 4.90 Å². The molecule has 0 N–H and O–H groups in total. The molecule has 0 aromatic carbocycles. The lowest BCUT2D eigenvalue weighted by Gasteiger charge is -2.57. The molecule has 1 aromatic rings. The Kier molecular flexibility index (Phi) is 5.00. The Balaban J connectivity index is 1.75. The molecular weight excluding hydrogens is 340 g/mol. The van der Waals surface area contributed by atoms with Crippen molar-refractivity contribution in [3.05, 3.63) is 11.4 Å². The molecule has 0 saturated carbocycles. The number of rotatable bonds is 5. The van der Waals surface area contributed by atoms with Crippen LogP contribution in [0.15, 0.2) is 4.90 Å². The summed E-state index contributed by atoms with van der Waals surface area (Å²) < 4.78 is 35.0. The minimum Gasteiger partial charge on any atom is -0.381 e. The zero-order valence-corrected chi connectivity index (χ0v) is 16.8. The Morgan fingerprint density at radius 2 is 1.96 bits per heavy atom. The highest BCUT2D eigenvalue weighted by molar-refractivity contribution is 7.89. The number of likely N-dealkylation sites (N-methyl/N-ethyl adjacent to an activating group) is 1. The summed E-state index contributed by atoms with van der Waals surface area (Å²) in [5.74, 6) is 0.517. The highest BCUT2D eigenvalue weighted by atomic mass is 32.2. The van der Waals surface area contributed by atoms with Crippen LogP contribution in [0, 0.1) is 19.8 Å². The van der Waals surface area contributed by atoms with Crippen LogP contribution in [0.1, 0.15) is 31.2 Å². The maximum atomic E-state index is 13.1. The zero-order chi connectivity index (χ0) is 18.4. The van der Waals surface area contributed by atoms with Gasteiger partial charge < -0.3 is 4.74 Å². The van der Waals surface area contributed by atoms with E-state index in [1.54, 1.807) is 23.0 Å². The van der Waals surface area contributed by atoms with E-state index in [4.69, 9.17) is 4.74 Å². The number of aromatic nitrogens is 2. The molecule has 2 fully saturated rings. The molecule has 142 valence electrons. The van der Waals surface area contributed by atoms with Crippen molar-refractivity contribution in [2.45, 2.75) is 44.0 Å². The maximum Gasteiger partial charge on any atom is 0.246 e. The minimum atomic E-state index is -3.48. The Labute approximate surface area is 151 Å². The second-order valence-electron chi connectivity index (χ2n) is 7.56. The second kappa shape index (κ2) is 6.64. The van der Waals surface area contributed by atoms with Crippen LogP contribution >= 0.6 is 0 Å². The van der Waals surface area contributed by atoms with Gasteiger partial charge in [-0.1, -0.05) is 0 Å². The molecule has 0 bridgehead atoms. The van der Waals surface area contributed by atoms with Crippen molar-refractivity contribution in [3.8, 4) is 0 Å². The molecule has 8 heteroatoms. The molecule has 3 rings (SSSR count). The van der Waals surface area contributed by atoms with Gasteiger partial charge in [-0.25, -0.2) is 8.42 Å². The largest absolute Gasteiger partial charge is 0.381 e. The van der Waals surface area contributed by atoms with Gasteiger partial charge in [0.05, 0.1) is 11.4 Å². The molecule has 7 nitrogen and oxygen atoms in total. The third-order valence-corrected chi connectivity index (χ3v) is 7.94. The second-order valence-corrected chi connectivity index (χ2v) is 9.44. The van der Waals surface area contributed by atoms with Gasteiger partial charge >= 0.3 is 0 Å². The highest BCUT2D eigenvalue weighted by Gasteiger charge is 2.53. The smallest absolute Gasteiger partial charge is 0.246 e. The summed E-state index contributed by atoms with van der Waals surface area (Å²) in [5.41, 5.74) is 1.23. The Bertz CT molecular complexity index is 735. The van der Waals surface area contributed by atoms with Crippen molar-refractivity contribution in [1.29, 1.82) is 0 Å². The summed E-state index contributed by atoms with van der Waals surface area (Å²) >= 11 is 0. The van der Waals surface area contributed by atoms with Crippen LogP contribution in [0.3, 0.4) is 0 Å². The van der Waals surface area contributed by atoms with Crippen molar-refractivity contribution in [3.63, 3.8) is 0 Å². The molecule has 1 atom stereocenters. The van der Waals surface area contributed by atoms with Gasteiger partial charge in [0.2, 0.25) is 10.0 Å². The number of nitrogens with zero attached hydrogens (tertiary/aromatic N) is 4. The number of aryl methyl sites for hydroxylation is 2. The van der Waals surface area contributed by atoms with Crippen molar-refractivity contribution < 1.29 is 13.2 Å². The fraction of sp³-hybridized carbons (Fsp3) is 0.824. The Morgan fingerprint density at radius 3 is 2.52 bits per heavy atom. The van der Waals surface area contributed by atoms with Crippen molar-refractivity contribution >= 4 is 10.0 Å². The first-order valence-corrected chi connectivity index (χ1v) is 10.4. The van der Waals surface area contributed by atoms with E-state index in [-0.39, 0.29) is 5.54 Å². The first-order chi connectivity index (χ1) is 11.7. The van der Waals surface area contributed by atoms with Gasteiger partial charge in [-0.3, -0.25) is 9.58 Å². The molecule has 2 saturated heterocycles. The molecule has 0 aliphatic carbocycles. The molecular formula is C17H30N4O3S. The average molecular weight is 371 g/mol. The fourth-order valence-electron chi connectivity index (χ4n) is 4.24.